The molecule has 0 aromatic heterocycles. The van der Waals surface area contributed by atoms with E-state index in [1.54, 1.807) is 24.0 Å². The molecular weight excluding hydrogens is 385 g/mol. The first-order valence-electron chi connectivity index (χ1n) is 10.1. The molecule has 0 N–H and O–H groups in total. The Kier molecular flexibility index (Phi) is 5.28. The number of piperazine rings is 1. The van der Waals surface area contributed by atoms with Crippen LogP contribution in [-0.4, -0.2) is 60.2 Å². The zero-order chi connectivity index (χ0) is 21.3. The Bertz CT molecular complexity index is 955. The lowest BCUT2D eigenvalue weighted by Gasteiger charge is -2.36. The zero-order valence-electron chi connectivity index (χ0n) is 16.9. The van der Waals surface area contributed by atoms with Crippen LogP contribution in [0.3, 0.4) is 0 Å². The standard InChI is InChI=1S/C23H24FN3O3/c1-23(17-5-3-2-4-6-17)15-20(28)27(22(23)30)16-21(29)26-13-11-25(12-14-26)19-9-7-18(24)8-10-19/h2-10H,11-16H2,1H3. The molecule has 2 heterocycles. The quantitative estimate of drug-likeness (QED) is 0.727. The Hall–Kier alpha value is -3.22. The molecule has 1 unspecified atom stereocenters. The number of halogens is 1. The zero-order valence-corrected chi connectivity index (χ0v) is 16.9. The van der Waals surface area contributed by atoms with Gasteiger partial charge in [0.1, 0.15) is 12.4 Å². The summed E-state index contributed by atoms with van der Waals surface area (Å²) in [5, 5.41) is 0. The van der Waals surface area contributed by atoms with E-state index in [4.69, 9.17) is 0 Å². The van der Waals surface area contributed by atoms with Crippen LogP contribution in [0.4, 0.5) is 10.1 Å². The Balaban J connectivity index is 1.38. The van der Waals surface area contributed by atoms with Crippen molar-refractivity contribution in [3.05, 3.63) is 66.0 Å². The molecule has 2 saturated heterocycles. The summed E-state index contributed by atoms with van der Waals surface area (Å²) in [5.74, 6) is -1.15. The third-order valence-electron chi connectivity index (χ3n) is 6.05. The predicted molar refractivity (Wildman–Crippen MR) is 110 cm³/mol. The maximum absolute atomic E-state index is 13.1. The molecule has 4 rings (SSSR count). The highest BCUT2D eigenvalue weighted by molar-refractivity contribution is 6.10. The second kappa shape index (κ2) is 7.89. The average Bonchev–Trinajstić information content (AvgIpc) is 2.99. The van der Waals surface area contributed by atoms with E-state index in [9.17, 15) is 18.8 Å². The fraction of sp³-hybridized carbons (Fsp3) is 0.348. The molecule has 6 nitrogen and oxygen atoms in total. The van der Waals surface area contributed by atoms with Gasteiger partial charge in [-0.25, -0.2) is 4.39 Å². The molecule has 156 valence electrons. The lowest BCUT2D eigenvalue weighted by atomic mass is 9.81. The number of rotatable bonds is 4. The third-order valence-corrected chi connectivity index (χ3v) is 6.05. The molecule has 0 spiro atoms. The van der Waals surface area contributed by atoms with E-state index in [2.05, 4.69) is 4.90 Å². The van der Waals surface area contributed by atoms with Crippen molar-refractivity contribution in [2.75, 3.05) is 37.6 Å². The van der Waals surface area contributed by atoms with Crippen molar-refractivity contribution in [2.45, 2.75) is 18.8 Å². The molecule has 0 bridgehead atoms. The summed E-state index contributed by atoms with van der Waals surface area (Å²) >= 11 is 0. The van der Waals surface area contributed by atoms with Crippen molar-refractivity contribution in [1.82, 2.24) is 9.80 Å². The van der Waals surface area contributed by atoms with Gasteiger partial charge >= 0.3 is 0 Å². The highest BCUT2D eigenvalue weighted by Gasteiger charge is 2.49. The molecule has 2 aliphatic heterocycles. The number of likely N-dealkylation sites (tertiary alicyclic amines) is 1. The van der Waals surface area contributed by atoms with Crippen LogP contribution in [-0.2, 0) is 19.8 Å². The van der Waals surface area contributed by atoms with Gasteiger partial charge in [-0.3, -0.25) is 19.3 Å². The Morgan fingerprint density at radius 2 is 1.60 bits per heavy atom. The largest absolute Gasteiger partial charge is 0.368 e. The molecule has 1 atom stereocenters. The summed E-state index contributed by atoms with van der Waals surface area (Å²) in [6.45, 7) is 3.73. The summed E-state index contributed by atoms with van der Waals surface area (Å²) in [6.07, 6.45) is 0.0709. The molecule has 2 aromatic carbocycles. The van der Waals surface area contributed by atoms with Crippen LogP contribution in [0.1, 0.15) is 18.9 Å². The molecule has 0 radical (unpaired) electrons. The minimum absolute atomic E-state index is 0.0709. The van der Waals surface area contributed by atoms with Crippen LogP contribution in [0.2, 0.25) is 0 Å². The summed E-state index contributed by atoms with van der Waals surface area (Å²) in [5.41, 5.74) is 0.762. The van der Waals surface area contributed by atoms with Gasteiger partial charge in [0.25, 0.3) is 0 Å². The SMILES string of the molecule is CC1(c2ccccc2)CC(=O)N(CC(=O)N2CCN(c3ccc(F)cc3)CC2)C1=O. The molecular formula is C23H24FN3O3. The first-order chi connectivity index (χ1) is 14.4. The fourth-order valence-electron chi connectivity index (χ4n) is 4.18. The van der Waals surface area contributed by atoms with Gasteiger partial charge in [0, 0.05) is 38.3 Å². The van der Waals surface area contributed by atoms with Gasteiger partial charge in [-0.1, -0.05) is 30.3 Å². The van der Waals surface area contributed by atoms with Gasteiger partial charge in [0.15, 0.2) is 0 Å². The van der Waals surface area contributed by atoms with Crippen molar-refractivity contribution in [3.63, 3.8) is 0 Å². The Labute approximate surface area is 174 Å². The van der Waals surface area contributed by atoms with E-state index in [0.29, 0.717) is 26.2 Å². The van der Waals surface area contributed by atoms with E-state index < -0.39 is 5.41 Å². The van der Waals surface area contributed by atoms with Crippen LogP contribution in [0.15, 0.2) is 54.6 Å². The number of carbonyl (C=O) groups is 3. The summed E-state index contributed by atoms with van der Waals surface area (Å²) in [7, 11) is 0. The van der Waals surface area contributed by atoms with Gasteiger partial charge in [0.2, 0.25) is 17.7 Å². The van der Waals surface area contributed by atoms with Crippen LogP contribution in [0, 0.1) is 5.82 Å². The van der Waals surface area contributed by atoms with Gasteiger partial charge in [-0.05, 0) is 36.8 Å². The molecule has 7 heteroatoms. The molecule has 3 amide bonds. The van der Waals surface area contributed by atoms with Crippen molar-refractivity contribution >= 4 is 23.4 Å². The minimum Gasteiger partial charge on any atom is -0.368 e. The van der Waals surface area contributed by atoms with Gasteiger partial charge < -0.3 is 9.80 Å². The number of anilines is 1. The van der Waals surface area contributed by atoms with E-state index in [0.717, 1.165) is 16.2 Å². The second-order valence-electron chi connectivity index (χ2n) is 8.00. The highest BCUT2D eigenvalue weighted by atomic mass is 19.1. The van der Waals surface area contributed by atoms with Crippen molar-refractivity contribution < 1.29 is 18.8 Å². The summed E-state index contributed by atoms with van der Waals surface area (Å²) in [6, 6.07) is 15.5. The lowest BCUT2D eigenvalue weighted by Crippen LogP contribution is -2.52. The highest BCUT2D eigenvalue weighted by Crippen LogP contribution is 2.36. The summed E-state index contributed by atoms with van der Waals surface area (Å²) in [4.78, 5) is 43.2. The van der Waals surface area contributed by atoms with E-state index in [1.165, 1.54) is 12.1 Å². The van der Waals surface area contributed by atoms with Gasteiger partial charge in [-0.2, -0.15) is 0 Å². The molecule has 30 heavy (non-hydrogen) atoms. The van der Waals surface area contributed by atoms with Crippen LogP contribution >= 0.6 is 0 Å². The molecule has 2 fully saturated rings. The van der Waals surface area contributed by atoms with E-state index in [-0.39, 0.29) is 36.5 Å². The smallest absolute Gasteiger partial charge is 0.242 e. The number of hydrogen-bond acceptors (Lipinski definition) is 4. The fourth-order valence-corrected chi connectivity index (χ4v) is 4.18. The molecule has 0 saturated carbocycles. The van der Waals surface area contributed by atoms with Crippen LogP contribution < -0.4 is 4.90 Å². The average molecular weight is 409 g/mol. The first kappa shape index (κ1) is 20.1. The molecule has 0 aliphatic carbocycles. The number of amides is 3. The van der Waals surface area contributed by atoms with Crippen molar-refractivity contribution in [3.8, 4) is 0 Å². The number of nitrogens with zero attached hydrogens (tertiary/aromatic N) is 3. The maximum Gasteiger partial charge on any atom is 0.242 e. The third kappa shape index (κ3) is 3.67. The first-order valence-corrected chi connectivity index (χ1v) is 10.1. The maximum atomic E-state index is 13.1. The van der Waals surface area contributed by atoms with E-state index >= 15 is 0 Å². The Morgan fingerprint density at radius 1 is 0.967 bits per heavy atom. The molecule has 2 aromatic rings. The monoisotopic (exact) mass is 409 g/mol. The molecule has 2 aliphatic rings. The summed E-state index contributed by atoms with van der Waals surface area (Å²) < 4.78 is 13.1. The minimum atomic E-state index is -0.931. The predicted octanol–water partition coefficient (Wildman–Crippen LogP) is 2.19. The number of imide groups is 1. The topological polar surface area (TPSA) is 60.9 Å². The van der Waals surface area contributed by atoms with Crippen LogP contribution in [0.25, 0.3) is 0 Å². The van der Waals surface area contributed by atoms with Crippen molar-refractivity contribution in [1.29, 1.82) is 0 Å². The lowest BCUT2D eigenvalue weighted by molar-refractivity contribution is -0.146. The van der Waals surface area contributed by atoms with Gasteiger partial charge in [-0.15, -0.1) is 0 Å². The number of benzene rings is 2. The van der Waals surface area contributed by atoms with E-state index in [1.807, 2.05) is 30.3 Å². The van der Waals surface area contributed by atoms with Gasteiger partial charge in [0.05, 0.1) is 5.41 Å². The Morgan fingerprint density at radius 3 is 2.23 bits per heavy atom. The normalized spacial score (nSPS) is 22.0. The van der Waals surface area contributed by atoms with Crippen molar-refractivity contribution in [2.24, 2.45) is 0 Å². The number of carbonyl (C=O) groups excluding carboxylic acids is 3. The number of hydrogen-bond donors (Lipinski definition) is 0. The second-order valence-corrected chi connectivity index (χ2v) is 8.00. The van der Waals surface area contributed by atoms with Crippen LogP contribution in [0.5, 0.6) is 0 Å².